The molecule has 1 unspecified atom stereocenters. The van der Waals surface area contributed by atoms with Crippen molar-refractivity contribution in [3.63, 3.8) is 0 Å². The Labute approximate surface area is 93.9 Å². The number of rotatable bonds is 4. The Balaban J connectivity index is 2.84. The highest BCUT2D eigenvalue weighted by Gasteiger charge is 2.16. The average molecular weight is 225 g/mol. The summed E-state index contributed by atoms with van der Waals surface area (Å²) in [5.74, 6) is -0.845. The summed E-state index contributed by atoms with van der Waals surface area (Å²) in [6.45, 7) is 4.01. The van der Waals surface area contributed by atoms with Crippen molar-refractivity contribution in [2.24, 2.45) is 0 Å². The SMILES string of the molecule is CNC(Sc1ccc(C)cc1C)C(=O)O. The van der Waals surface area contributed by atoms with Gasteiger partial charge in [-0.3, -0.25) is 5.32 Å². The normalized spacial score (nSPS) is 12.5. The van der Waals surface area contributed by atoms with Crippen LogP contribution in [0.5, 0.6) is 0 Å². The van der Waals surface area contributed by atoms with Crippen LogP contribution in [0.1, 0.15) is 11.1 Å². The van der Waals surface area contributed by atoms with Crippen LogP contribution in [0.15, 0.2) is 23.1 Å². The molecule has 3 nitrogen and oxygen atoms in total. The number of benzene rings is 1. The van der Waals surface area contributed by atoms with E-state index in [-0.39, 0.29) is 0 Å². The lowest BCUT2D eigenvalue weighted by atomic mass is 10.2. The van der Waals surface area contributed by atoms with E-state index in [0.29, 0.717) is 0 Å². The Bertz CT molecular complexity index is 366. The van der Waals surface area contributed by atoms with E-state index in [9.17, 15) is 4.79 Å². The number of likely N-dealkylation sites (N-methyl/N-ethyl adjacent to an activating group) is 1. The molecule has 15 heavy (non-hydrogen) atoms. The summed E-state index contributed by atoms with van der Waals surface area (Å²) < 4.78 is 0. The summed E-state index contributed by atoms with van der Waals surface area (Å²) in [5, 5.41) is 11.1. The van der Waals surface area contributed by atoms with Gasteiger partial charge >= 0.3 is 5.97 Å². The fraction of sp³-hybridized carbons (Fsp3) is 0.364. The lowest BCUT2D eigenvalue weighted by molar-refractivity contribution is -0.136. The van der Waals surface area contributed by atoms with Gasteiger partial charge in [0.25, 0.3) is 0 Å². The van der Waals surface area contributed by atoms with E-state index in [0.717, 1.165) is 10.5 Å². The van der Waals surface area contributed by atoms with E-state index in [4.69, 9.17) is 5.11 Å². The number of carbonyl (C=O) groups is 1. The second kappa shape index (κ2) is 5.19. The maximum Gasteiger partial charge on any atom is 0.331 e. The molecule has 82 valence electrons. The lowest BCUT2D eigenvalue weighted by Gasteiger charge is -2.12. The molecule has 0 radical (unpaired) electrons. The fourth-order valence-corrected chi connectivity index (χ4v) is 2.16. The van der Waals surface area contributed by atoms with Gasteiger partial charge in [0, 0.05) is 4.90 Å². The van der Waals surface area contributed by atoms with Gasteiger partial charge in [-0.15, -0.1) is 0 Å². The first-order chi connectivity index (χ1) is 7.04. The van der Waals surface area contributed by atoms with E-state index in [1.54, 1.807) is 7.05 Å². The van der Waals surface area contributed by atoms with E-state index < -0.39 is 11.3 Å². The molecule has 1 atom stereocenters. The van der Waals surface area contributed by atoms with Crippen LogP contribution in [0.4, 0.5) is 0 Å². The van der Waals surface area contributed by atoms with Gasteiger partial charge in [-0.1, -0.05) is 29.5 Å². The number of carboxylic acid groups (broad SMARTS) is 1. The lowest BCUT2D eigenvalue weighted by Crippen LogP contribution is -2.30. The molecule has 0 aromatic heterocycles. The monoisotopic (exact) mass is 225 g/mol. The Morgan fingerprint density at radius 1 is 1.47 bits per heavy atom. The van der Waals surface area contributed by atoms with Crippen LogP contribution in [0.3, 0.4) is 0 Å². The number of thioether (sulfide) groups is 1. The van der Waals surface area contributed by atoms with Gasteiger partial charge in [0.2, 0.25) is 0 Å². The minimum atomic E-state index is -0.845. The number of aliphatic carboxylic acids is 1. The third kappa shape index (κ3) is 3.25. The molecular weight excluding hydrogens is 210 g/mol. The second-order valence-electron chi connectivity index (χ2n) is 3.39. The highest BCUT2D eigenvalue weighted by atomic mass is 32.2. The van der Waals surface area contributed by atoms with Gasteiger partial charge in [0.1, 0.15) is 0 Å². The van der Waals surface area contributed by atoms with E-state index in [1.807, 2.05) is 26.0 Å². The number of nitrogens with one attached hydrogen (secondary N) is 1. The van der Waals surface area contributed by atoms with Crippen LogP contribution < -0.4 is 5.32 Å². The molecule has 0 aliphatic heterocycles. The zero-order valence-corrected chi connectivity index (χ0v) is 9.89. The van der Waals surface area contributed by atoms with Crippen molar-refractivity contribution in [2.75, 3.05) is 7.05 Å². The van der Waals surface area contributed by atoms with Crippen LogP contribution in [0.2, 0.25) is 0 Å². The van der Waals surface area contributed by atoms with Crippen LogP contribution >= 0.6 is 11.8 Å². The largest absolute Gasteiger partial charge is 0.479 e. The molecule has 0 bridgehead atoms. The van der Waals surface area contributed by atoms with Gasteiger partial charge < -0.3 is 5.11 Å². The summed E-state index contributed by atoms with van der Waals surface area (Å²) in [6.07, 6.45) is 0. The molecular formula is C11H15NO2S. The first-order valence-electron chi connectivity index (χ1n) is 4.68. The van der Waals surface area contributed by atoms with Gasteiger partial charge in [-0.2, -0.15) is 0 Å². The quantitative estimate of drug-likeness (QED) is 0.608. The number of carboxylic acids is 1. The first-order valence-corrected chi connectivity index (χ1v) is 5.56. The van der Waals surface area contributed by atoms with Gasteiger partial charge in [-0.25, -0.2) is 4.79 Å². The smallest absolute Gasteiger partial charge is 0.331 e. The van der Waals surface area contributed by atoms with Crippen molar-refractivity contribution in [3.8, 4) is 0 Å². The average Bonchev–Trinajstić information content (AvgIpc) is 2.16. The molecule has 1 rings (SSSR count). The predicted octanol–water partition coefficient (Wildman–Crippen LogP) is 2.03. The van der Waals surface area contributed by atoms with Gasteiger partial charge in [0.15, 0.2) is 5.37 Å². The minimum absolute atomic E-state index is 0.591. The fourth-order valence-electron chi connectivity index (χ4n) is 1.29. The predicted molar refractivity (Wildman–Crippen MR) is 62.3 cm³/mol. The summed E-state index contributed by atoms with van der Waals surface area (Å²) in [6, 6.07) is 6.00. The molecule has 0 fully saturated rings. The third-order valence-electron chi connectivity index (χ3n) is 2.06. The summed E-state index contributed by atoms with van der Waals surface area (Å²) in [5.41, 5.74) is 2.30. The van der Waals surface area contributed by atoms with Crippen molar-refractivity contribution in [1.29, 1.82) is 0 Å². The van der Waals surface area contributed by atoms with E-state index >= 15 is 0 Å². The van der Waals surface area contributed by atoms with Crippen LogP contribution in [0, 0.1) is 13.8 Å². The highest BCUT2D eigenvalue weighted by molar-refractivity contribution is 8.00. The topological polar surface area (TPSA) is 49.3 Å². The first kappa shape index (κ1) is 12.1. The van der Waals surface area contributed by atoms with Crippen molar-refractivity contribution in [1.82, 2.24) is 5.32 Å². The molecule has 2 N–H and O–H groups in total. The molecule has 0 saturated carbocycles. The van der Waals surface area contributed by atoms with Crippen molar-refractivity contribution >= 4 is 17.7 Å². The molecule has 1 aromatic carbocycles. The van der Waals surface area contributed by atoms with E-state index in [2.05, 4.69) is 11.4 Å². The van der Waals surface area contributed by atoms with Crippen molar-refractivity contribution < 1.29 is 9.90 Å². The zero-order valence-electron chi connectivity index (χ0n) is 9.07. The highest BCUT2D eigenvalue weighted by Crippen LogP contribution is 2.26. The molecule has 0 aliphatic carbocycles. The molecule has 4 heteroatoms. The summed E-state index contributed by atoms with van der Waals surface area (Å²) >= 11 is 1.32. The zero-order chi connectivity index (χ0) is 11.4. The molecule has 1 aromatic rings. The standard InChI is InChI=1S/C11H15NO2S/c1-7-4-5-9(8(2)6-7)15-10(12-3)11(13)14/h4-6,10,12H,1-3H3,(H,13,14). The van der Waals surface area contributed by atoms with Crippen molar-refractivity contribution in [3.05, 3.63) is 29.3 Å². The summed E-state index contributed by atoms with van der Waals surface area (Å²) in [4.78, 5) is 11.8. The Hall–Kier alpha value is -1.00. The molecule has 0 spiro atoms. The Morgan fingerprint density at radius 3 is 2.60 bits per heavy atom. The van der Waals surface area contributed by atoms with Gasteiger partial charge in [0.05, 0.1) is 0 Å². The van der Waals surface area contributed by atoms with Crippen LogP contribution in [-0.4, -0.2) is 23.5 Å². The maximum atomic E-state index is 10.8. The molecule has 0 aliphatic rings. The summed E-state index contributed by atoms with van der Waals surface area (Å²) in [7, 11) is 1.65. The minimum Gasteiger partial charge on any atom is -0.479 e. The second-order valence-corrected chi connectivity index (χ2v) is 4.54. The number of aryl methyl sites for hydroxylation is 2. The van der Waals surface area contributed by atoms with Gasteiger partial charge in [-0.05, 0) is 32.5 Å². The number of hydrogen-bond donors (Lipinski definition) is 2. The van der Waals surface area contributed by atoms with Crippen LogP contribution in [0.25, 0.3) is 0 Å². The van der Waals surface area contributed by atoms with Crippen LogP contribution in [-0.2, 0) is 4.79 Å². The number of hydrogen-bond acceptors (Lipinski definition) is 3. The Morgan fingerprint density at radius 2 is 2.13 bits per heavy atom. The van der Waals surface area contributed by atoms with E-state index in [1.165, 1.54) is 17.3 Å². The molecule has 0 amide bonds. The Kier molecular flexibility index (Phi) is 4.17. The van der Waals surface area contributed by atoms with Crippen molar-refractivity contribution in [2.45, 2.75) is 24.1 Å². The maximum absolute atomic E-state index is 10.8. The third-order valence-corrected chi connectivity index (χ3v) is 3.45. The molecule has 0 heterocycles. The molecule has 0 saturated heterocycles.